The monoisotopic (exact) mass is 228 g/mol. The lowest BCUT2D eigenvalue weighted by Crippen LogP contribution is -2.49. The van der Waals surface area contributed by atoms with Gasteiger partial charge < -0.3 is 17.7 Å². The summed E-state index contributed by atoms with van der Waals surface area (Å²) >= 11 is 0. The largest absolute Gasteiger partial charge is 0.679 e. The lowest BCUT2D eigenvalue weighted by atomic mass is 10.9. The van der Waals surface area contributed by atoms with Crippen LogP contribution in [0, 0.1) is 0 Å². The molecule has 0 unspecified atom stereocenters. The lowest BCUT2D eigenvalue weighted by Gasteiger charge is -2.26. The van der Waals surface area contributed by atoms with Crippen molar-refractivity contribution in [3.63, 3.8) is 0 Å². The van der Waals surface area contributed by atoms with Crippen molar-refractivity contribution in [3.8, 4) is 0 Å². The van der Waals surface area contributed by atoms with Crippen molar-refractivity contribution in [2.24, 2.45) is 0 Å². The van der Waals surface area contributed by atoms with Gasteiger partial charge in [0.2, 0.25) is 0 Å². The van der Waals surface area contributed by atoms with E-state index in [9.17, 15) is 0 Å². The Balaban J connectivity index is 7.15. The van der Waals surface area contributed by atoms with Gasteiger partial charge in [0.25, 0.3) is 0 Å². The van der Waals surface area contributed by atoms with Crippen LogP contribution < -0.4 is 0 Å². The minimum absolute atomic E-state index is 3.87. The van der Waals surface area contributed by atoms with Crippen LogP contribution in [0.15, 0.2) is 0 Å². The van der Waals surface area contributed by atoms with Crippen molar-refractivity contribution in [3.05, 3.63) is 0 Å². The Morgan fingerprint density at radius 2 is 1.15 bits per heavy atom. The van der Waals surface area contributed by atoms with Gasteiger partial charge in [-0.1, -0.05) is 0 Å². The third-order valence-electron chi connectivity index (χ3n) is 0.704. The molecule has 0 saturated heterocycles. The number of hydrogen-bond acceptors (Lipinski definition) is 4. The van der Waals surface area contributed by atoms with Crippen molar-refractivity contribution in [2.75, 3.05) is 26.2 Å². The smallest absolute Gasteiger partial charge is 0.351 e. The molecule has 0 fully saturated rings. The Morgan fingerprint density at radius 1 is 0.846 bits per heavy atom. The fraction of sp³-hybridized carbons (Fsp3) is 1.00. The SMILES string of the molecule is [2H]C([2H])([2H])C([2H])([2H])O[Si](OC([2H])([2H])C([2H])([2H])[2H])(OC([2H])([2H])C([2H])([2H])[2H])OC([2H])([2H])C([2H])([2H])[2H]. The van der Waals surface area contributed by atoms with Crippen LogP contribution in [-0.2, 0) is 17.7 Å². The molecule has 0 saturated carbocycles. The molecule has 13 heavy (non-hydrogen) atoms. The Labute approximate surface area is 110 Å². The predicted octanol–water partition coefficient (Wildman–Crippen LogP) is 1.57. The molecule has 0 bridgehead atoms. The third kappa shape index (κ3) is 4.73. The molecular formula is C8H20O4Si. The molecule has 0 aliphatic heterocycles. The van der Waals surface area contributed by atoms with E-state index in [4.69, 9.17) is 27.4 Å². The predicted molar refractivity (Wildman–Crippen MR) is 52.3 cm³/mol. The molecule has 5 heteroatoms. The molecule has 0 heterocycles. The molecule has 0 aromatic carbocycles. The second-order valence-corrected chi connectivity index (χ2v) is 3.13. The van der Waals surface area contributed by atoms with Crippen LogP contribution in [0.25, 0.3) is 0 Å². The van der Waals surface area contributed by atoms with Gasteiger partial charge in [0, 0.05) is 42.7 Å². The number of hydrogen-bond donors (Lipinski definition) is 0. The maximum atomic E-state index is 7.51. The first kappa shape index (κ1) is 1.85. The molecule has 0 aromatic heterocycles. The van der Waals surface area contributed by atoms with Gasteiger partial charge in [0.1, 0.15) is 0 Å². The summed E-state index contributed by atoms with van der Waals surface area (Å²) in [6.07, 6.45) is 0. The van der Waals surface area contributed by atoms with Gasteiger partial charge in [-0.2, -0.15) is 0 Å². The van der Waals surface area contributed by atoms with Gasteiger partial charge in [-0.3, -0.25) is 0 Å². The van der Waals surface area contributed by atoms with E-state index < -0.39 is 62.7 Å². The molecule has 4 nitrogen and oxygen atoms in total. The first-order valence-electron chi connectivity index (χ1n) is 12.6. The minimum Gasteiger partial charge on any atom is -0.351 e. The van der Waals surface area contributed by atoms with E-state index in [0.717, 1.165) is 0 Å². The van der Waals surface area contributed by atoms with Gasteiger partial charge in [-0.15, -0.1) is 0 Å². The number of rotatable bonds is 8. The molecule has 0 atom stereocenters. The van der Waals surface area contributed by atoms with E-state index in [1.807, 2.05) is 0 Å². The topological polar surface area (TPSA) is 36.9 Å². The highest BCUT2D eigenvalue weighted by Crippen LogP contribution is 2.11. The lowest BCUT2D eigenvalue weighted by molar-refractivity contribution is -0.0247. The molecule has 0 aliphatic rings. The second-order valence-electron chi connectivity index (χ2n) is 1.32. The average Bonchev–Trinajstić information content (AvgIpc) is 2.38. The molecule has 0 rings (SSSR count). The van der Waals surface area contributed by atoms with Crippen molar-refractivity contribution in [1.82, 2.24) is 0 Å². The molecule has 0 amide bonds. The summed E-state index contributed by atoms with van der Waals surface area (Å²) in [7, 11) is -6.72. The van der Waals surface area contributed by atoms with E-state index in [1.54, 1.807) is 0 Å². The standard InChI is InChI=1S/C8H20O4Si/c1-5-9-13(10-6-2,11-7-3)12-8-4/h5-8H2,1-4H3/i1D3,2D3,3D3,4D3,5D2,6D2,7D2,8D2. The minimum atomic E-state index is -6.72. The van der Waals surface area contributed by atoms with E-state index in [2.05, 4.69) is 17.7 Å². The summed E-state index contributed by atoms with van der Waals surface area (Å²) in [5, 5.41) is 0. The summed E-state index contributed by atoms with van der Waals surface area (Å²) in [5.41, 5.74) is 0. The molecule has 80 valence electrons. The highest BCUT2D eigenvalue weighted by atomic mass is 28.4. The van der Waals surface area contributed by atoms with Crippen LogP contribution in [0.3, 0.4) is 0 Å². The van der Waals surface area contributed by atoms with Gasteiger partial charge in [0.15, 0.2) is 0 Å². The summed E-state index contributed by atoms with van der Waals surface area (Å²) < 4.78 is 163. The Kier molecular flexibility index (Phi) is 1.06. The van der Waals surface area contributed by atoms with E-state index in [1.165, 1.54) is 0 Å². The normalized spacial score (nSPS) is 43.1. The van der Waals surface area contributed by atoms with E-state index >= 15 is 0 Å². The van der Waals surface area contributed by atoms with Crippen molar-refractivity contribution >= 4 is 9.05 Å². The van der Waals surface area contributed by atoms with E-state index in [-0.39, 0.29) is 0 Å². The fourth-order valence-corrected chi connectivity index (χ4v) is 1.13. The molecule has 0 aromatic rings. The maximum absolute atomic E-state index is 7.51. The van der Waals surface area contributed by atoms with Crippen molar-refractivity contribution in [1.29, 1.82) is 0 Å². The van der Waals surface area contributed by atoms with Gasteiger partial charge in [-0.25, -0.2) is 0 Å². The van der Waals surface area contributed by atoms with Gasteiger partial charge in [0.05, 0.1) is 11.0 Å². The first-order chi connectivity index (χ1) is 13.8. The van der Waals surface area contributed by atoms with Gasteiger partial charge >= 0.3 is 9.05 Å². The average molecular weight is 228 g/mol. The van der Waals surface area contributed by atoms with Crippen LogP contribution in [0.2, 0.25) is 0 Å². The molecule has 0 N–H and O–H groups in total. The summed E-state index contributed by atoms with van der Waals surface area (Å²) in [4.78, 5) is 0. The van der Waals surface area contributed by atoms with Crippen LogP contribution >= 0.6 is 0 Å². The summed E-state index contributed by atoms with van der Waals surface area (Å²) in [6.45, 7) is -31.9. The zero-order chi connectivity index (χ0) is 27.3. The van der Waals surface area contributed by atoms with Crippen LogP contribution in [0.4, 0.5) is 0 Å². The quantitative estimate of drug-likeness (QED) is 0.591. The van der Waals surface area contributed by atoms with E-state index in [0.29, 0.717) is 0 Å². The molecule has 0 radical (unpaired) electrons. The molecular weight excluding hydrogens is 188 g/mol. The van der Waals surface area contributed by atoms with Crippen LogP contribution in [-0.4, -0.2) is 35.3 Å². The Bertz CT molecular complexity index is 554. The fourth-order valence-electron chi connectivity index (χ4n) is 0.375. The second kappa shape index (κ2) is 7.46. The molecule has 0 aliphatic carbocycles. The highest BCUT2D eigenvalue weighted by Gasteiger charge is 2.44. The first-order valence-corrected chi connectivity index (χ1v) is 4.27. The van der Waals surface area contributed by atoms with Crippen molar-refractivity contribution < 1.29 is 45.1 Å². The van der Waals surface area contributed by atoms with Gasteiger partial charge in [-0.05, 0) is 27.4 Å². The summed E-state index contributed by atoms with van der Waals surface area (Å²) in [5.74, 6) is 0. The molecule has 0 spiro atoms. The zero-order valence-electron chi connectivity index (χ0n) is 26.1. The third-order valence-corrected chi connectivity index (χ3v) is 2.11. The highest BCUT2D eigenvalue weighted by molar-refractivity contribution is 6.53. The Morgan fingerprint density at radius 3 is 1.38 bits per heavy atom. The maximum Gasteiger partial charge on any atom is 0.679 e. The van der Waals surface area contributed by atoms with Crippen LogP contribution in [0.5, 0.6) is 0 Å². The zero-order valence-corrected chi connectivity index (χ0v) is 7.13. The van der Waals surface area contributed by atoms with Crippen molar-refractivity contribution in [2.45, 2.75) is 27.4 Å². The summed E-state index contributed by atoms with van der Waals surface area (Å²) in [6, 6.07) is 0. The van der Waals surface area contributed by atoms with Crippen LogP contribution in [0.1, 0.15) is 54.8 Å². The Hall–Kier alpha value is 0.0569.